The molecule has 0 saturated carbocycles. The van der Waals surface area contributed by atoms with Gasteiger partial charge in [-0.1, -0.05) is 19.9 Å². The van der Waals surface area contributed by atoms with Crippen molar-refractivity contribution < 1.29 is 9.31 Å². The molecule has 0 fully saturated rings. The fraction of sp³-hybridized carbons (Fsp3) is 0.571. The van der Waals surface area contributed by atoms with Crippen LogP contribution in [0.1, 0.15) is 26.3 Å². The van der Waals surface area contributed by atoms with Crippen LogP contribution in [0.3, 0.4) is 0 Å². The minimum atomic E-state index is -0.786. The summed E-state index contributed by atoms with van der Waals surface area (Å²) in [6.45, 7) is 9.70. The van der Waals surface area contributed by atoms with Crippen LogP contribution < -0.4 is 5.32 Å². The zero-order valence-corrected chi connectivity index (χ0v) is 12.2. The Morgan fingerprint density at radius 1 is 1.40 bits per heavy atom. The van der Waals surface area contributed by atoms with Crippen molar-refractivity contribution in [3.8, 4) is 0 Å². The van der Waals surface area contributed by atoms with E-state index in [1.807, 2.05) is 0 Å². The van der Waals surface area contributed by atoms with Crippen LogP contribution in [0.5, 0.6) is 0 Å². The van der Waals surface area contributed by atoms with E-state index in [0.717, 1.165) is 19.6 Å². The van der Waals surface area contributed by atoms with Crippen LogP contribution in [0.2, 0.25) is 0 Å². The second-order valence-corrected chi connectivity index (χ2v) is 4.81. The quantitative estimate of drug-likeness (QED) is 0.588. The van der Waals surface area contributed by atoms with E-state index in [4.69, 9.17) is 0 Å². The first-order valence-electron chi connectivity index (χ1n) is 6.86. The molecule has 0 aliphatic rings. The summed E-state index contributed by atoms with van der Waals surface area (Å²) < 4.78 is 13.5. The average Bonchev–Trinajstić information content (AvgIpc) is 2.42. The first-order valence-corrected chi connectivity index (χ1v) is 6.86. The molecule has 1 atom stereocenters. The van der Waals surface area contributed by atoms with E-state index in [1.165, 1.54) is 12.1 Å². The number of hydrogen-bond acceptors (Lipinski definition) is 4. The molecule has 1 N–H and O–H groups in total. The Balaban J connectivity index is 2.53. The van der Waals surface area contributed by atoms with Crippen LogP contribution in [0.4, 0.5) is 10.1 Å². The zero-order chi connectivity index (χ0) is 15.1. The molecule has 0 spiro atoms. The van der Waals surface area contributed by atoms with Crippen molar-refractivity contribution in [3.63, 3.8) is 0 Å². The van der Waals surface area contributed by atoms with Gasteiger partial charge in [0.15, 0.2) is 0 Å². The molecule has 5 nitrogen and oxygen atoms in total. The normalized spacial score (nSPS) is 12.7. The Hall–Kier alpha value is -1.53. The predicted molar refractivity (Wildman–Crippen MR) is 77.1 cm³/mol. The Labute approximate surface area is 118 Å². The highest BCUT2D eigenvalue weighted by molar-refractivity contribution is 5.34. The topological polar surface area (TPSA) is 58.4 Å². The van der Waals surface area contributed by atoms with Crippen molar-refractivity contribution in [2.45, 2.75) is 33.4 Å². The molecule has 20 heavy (non-hydrogen) atoms. The summed E-state index contributed by atoms with van der Waals surface area (Å²) in [6, 6.07) is 4.28. The van der Waals surface area contributed by atoms with Crippen LogP contribution in [-0.2, 0) is 6.54 Å². The summed E-state index contributed by atoms with van der Waals surface area (Å²) in [5.74, 6) is -0.786. The fourth-order valence-electron chi connectivity index (χ4n) is 2.03. The maximum absolute atomic E-state index is 13.5. The number of nitro groups is 1. The highest BCUT2D eigenvalue weighted by Crippen LogP contribution is 2.17. The molecule has 0 aliphatic carbocycles. The van der Waals surface area contributed by atoms with Gasteiger partial charge in [0.2, 0.25) is 5.82 Å². The van der Waals surface area contributed by atoms with Crippen molar-refractivity contribution >= 4 is 5.69 Å². The van der Waals surface area contributed by atoms with Crippen LogP contribution in [0.25, 0.3) is 0 Å². The number of rotatable bonds is 8. The third kappa shape index (κ3) is 4.86. The molecule has 0 aromatic heterocycles. The molecule has 1 unspecified atom stereocenters. The zero-order valence-electron chi connectivity index (χ0n) is 12.2. The van der Waals surface area contributed by atoms with Crippen molar-refractivity contribution in [1.29, 1.82) is 0 Å². The molecule has 0 bridgehead atoms. The number of nitro benzene ring substituents is 1. The van der Waals surface area contributed by atoms with Crippen molar-refractivity contribution in [3.05, 3.63) is 39.7 Å². The summed E-state index contributed by atoms with van der Waals surface area (Å²) in [6.07, 6.45) is 0. The Morgan fingerprint density at radius 2 is 2.05 bits per heavy atom. The van der Waals surface area contributed by atoms with Crippen LogP contribution in [-0.4, -0.2) is 35.5 Å². The molecule has 0 saturated heterocycles. The van der Waals surface area contributed by atoms with Gasteiger partial charge in [0, 0.05) is 25.2 Å². The first-order chi connectivity index (χ1) is 9.47. The standard InChI is InChI=1S/C14H22FN3O2/c1-4-17(5-2)10-11(3)16-9-12-6-7-14(18(19)20)13(15)8-12/h6-8,11,16H,4-5,9-10H2,1-3H3. The maximum atomic E-state index is 13.5. The van der Waals surface area contributed by atoms with Gasteiger partial charge in [0.25, 0.3) is 0 Å². The number of benzene rings is 1. The predicted octanol–water partition coefficient (Wildman–Crippen LogP) is 2.55. The molecule has 1 rings (SSSR count). The molecule has 6 heteroatoms. The van der Waals surface area contributed by atoms with Crippen LogP contribution in [0, 0.1) is 15.9 Å². The van der Waals surface area contributed by atoms with E-state index in [0.29, 0.717) is 12.1 Å². The van der Waals surface area contributed by atoms with Crippen LogP contribution in [0.15, 0.2) is 18.2 Å². The minimum absolute atomic E-state index is 0.271. The van der Waals surface area contributed by atoms with Gasteiger partial charge in [-0.3, -0.25) is 10.1 Å². The molecule has 0 heterocycles. The van der Waals surface area contributed by atoms with Gasteiger partial charge in [0.05, 0.1) is 4.92 Å². The van der Waals surface area contributed by atoms with E-state index in [1.54, 1.807) is 6.07 Å². The SMILES string of the molecule is CCN(CC)CC(C)NCc1ccc([N+](=O)[O-])c(F)c1. The Kier molecular flexibility index (Phi) is 6.54. The summed E-state index contributed by atoms with van der Waals surface area (Å²) in [7, 11) is 0. The fourth-order valence-corrected chi connectivity index (χ4v) is 2.03. The summed E-state index contributed by atoms with van der Waals surface area (Å²) in [5, 5.41) is 13.8. The average molecular weight is 283 g/mol. The molecular weight excluding hydrogens is 261 g/mol. The van der Waals surface area contributed by atoms with E-state index < -0.39 is 16.4 Å². The van der Waals surface area contributed by atoms with Gasteiger partial charge in [-0.15, -0.1) is 0 Å². The molecule has 1 aromatic rings. The molecular formula is C14H22FN3O2. The second kappa shape index (κ2) is 7.91. The molecule has 112 valence electrons. The summed E-state index contributed by atoms with van der Waals surface area (Å²) in [4.78, 5) is 12.1. The highest BCUT2D eigenvalue weighted by Gasteiger charge is 2.14. The van der Waals surface area contributed by atoms with Gasteiger partial charge in [-0.2, -0.15) is 4.39 Å². The van der Waals surface area contributed by atoms with Gasteiger partial charge >= 0.3 is 5.69 Å². The van der Waals surface area contributed by atoms with E-state index in [2.05, 4.69) is 31.0 Å². The summed E-state index contributed by atoms with van der Waals surface area (Å²) >= 11 is 0. The molecule has 1 aromatic carbocycles. The van der Waals surface area contributed by atoms with Gasteiger partial charge in [0.1, 0.15) is 0 Å². The molecule has 0 amide bonds. The number of hydrogen-bond donors (Lipinski definition) is 1. The van der Waals surface area contributed by atoms with Gasteiger partial charge < -0.3 is 10.2 Å². The molecule has 0 aliphatic heterocycles. The van der Waals surface area contributed by atoms with E-state index in [-0.39, 0.29) is 6.04 Å². The van der Waals surface area contributed by atoms with E-state index in [9.17, 15) is 14.5 Å². The number of nitrogens with one attached hydrogen (secondary N) is 1. The smallest absolute Gasteiger partial charge is 0.304 e. The summed E-state index contributed by atoms with van der Waals surface area (Å²) in [5.41, 5.74) is 0.226. The number of nitrogens with zero attached hydrogens (tertiary/aromatic N) is 2. The lowest BCUT2D eigenvalue weighted by molar-refractivity contribution is -0.387. The van der Waals surface area contributed by atoms with E-state index >= 15 is 0 Å². The molecule has 0 radical (unpaired) electrons. The lowest BCUT2D eigenvalue weighted by Crippen LogP contribution is -2.38. The van der Waals surface area contributed by atoms with Crippen LogP contribution >= 0.6 is 0 Å². The number of halogens is 1. The Morgan fingerprint density at radius 3 is 2.55 bits per heavy atom. The third-order valence-corrected chi connectivity index (χ3v) is 3.29. The maximum Gasteiger partial charge on any atom is 0.304 e. The minimum Gasteiger partial charge on any atom is -0.309 e. The lowest BCUT2D eigenvalue weighted by Gasteiger charge is -2.23. The van der Waals surface area contributed by atoms with Gasteiger partial charge in [-0.25, -0.2) is 0 Å². The van der Waals surface area contributed by atoms with Gasteiger partial charge in [-0.05, 0) is 31.6 Å². The second-order valence-electron chi connectivity index (χ2n) is 4.81. The third-order valence-electron chi connectivity index (χ3n) is 3.29. The van der Waals surface area contributed by atoms with Crippen molar-refractivity contribution in [2.75, 3.05) is 19.6 Å². The number of likely N-dealkylation sites (N-methyl/N-ethyl adjacent to an activating group) is 1. The lowest BCUT2D eigenvalue weighted by atomic mass is 10.2. The highest BCUT2D eigenvalue weighted by atomic mass is 19.1. The Bertz CT molecular complexity index is 450. The van der Waals surface area contributed by atoms with Crippen molar-refractivity contribution in [1.82, 2.24) is 10.2 Å². The first kappa shape index (κ1) is 16.5. The monoisotopic (exact) mass is 283 g/mol. The largest absolute Gasteiger partial charge is 0.309 e. The van der Waals surface area contributed by atoms with Crippen molar-refractivity contribution in [2.24, 2.45) is 0 Å².